The minimum atomic E-state index is 0.241. The Morgan fingerprint density at radius 3 is 2.40 bits per heavy atom. The second-order valence-corrected chi connectivity index (χ2v) is 5.12. The molecule has 2 rings (SSSR count). The summed E-state index contributed by atoms with van der Waals surface area (Å²) in [6.45, 7) is 6.88. The van der Waals surface area contributed by atoms with E-state index >= 15 is 0 Å². The number of amides is 1. The van der Waals surface area contributed by atoms with E-state index in [1.54, 1.807) is 12.1 Å². The molecule has 1 aliphatic heterocycles. The first kappa shape index (κ1) is 14.5. The molecule has 0 atom stereocenters. The average Bonchev–Trinajstić information content (AvgIpc) is 2.53. The summed E-state index contributed by atoms with van der Waals surface area (Å²) in [5, 5.41) is 8.74. The summed E-state index contributed by atoms with van der Waals surface area (Å²) in [7, 11) is 0. The lowest BCUT2D eigenvalue weighted by molar-refractivity contribution is -0.132. The number of carbonyl (C=O) groups is 1. The molecule has 4 heteroatoms. The molecule has 0 radical (unpaired) electrons. The quantitative estimate of drug-likeness (QED) is 0.836. The highest BCUT2D eigenvalue weighted by Gasteiger charge is 2.19. The van der Waals surface area contributed by atoms with E-state index in [0.29, 0.717) is 12.0 Å². The molecule has 1 amide bonds. The monoisotopic (exact) mass is 271 g/mol. The third-order valence-electron chi connectivity index (χ3n) is 3.88. The molecule has 4 nitrogen and oxygen atoms in total. The first-order valence-corrected chi connectivity index (χ1v) is 7.22. The van der Waals surface area contributed by atoms with Crippen molar-refractivity contribution in [2.45, 2.75) is 19.8 Å². The molecule has 1 aromatic carbocycles. The highest BCUT2D eigenvalue weighted by molar-refractivity contribution is 5.76. The minimum absolute atomic E-state index is 0.241. The number of piperazine rings is 1. The Morgan fingerprint density at radius 1 is 1.20 bits per heavy atom. The second-order valence-electron chi connectivity index (χ2n) is 5.12. The molecule has 0 saturated carbocycles. The van der Waals surface area contributed by atoms with Gasteiger partial charge in [0.15, 0.2) is 0 Å². The van der Waals surface area contributed by atoms with Crippen LogP contribution >= 0.6 is 0 Å². The van der Waals surface area contributed by atoms with Crippen molar-refractivity contribution in [2.24, 2.45) is 0 Å². The summed E-state index contributed by atoms with van der Waals surface area (Å²) < 4.78 is 0. The van der Waals surface area contributed by atoms with E-state index in [9.17, 15) is 4.79 Å². The molecular weight excluding hydrogens is 250 g/mol. The number of rotatable bonds is 4. The molecule has 1 aromatic rings. The van der Waals surface area contributed by atoms with Gasteiger partial charge in [0.25, 0.3) is 0 Å². The number of nitriles is 1. The summed E-state index contributed by atoms with van der Waals surface area (Å²) >= 11 is 0. The zero-order valence-corrected chi connectivity index (χ0v) is 12.0. The molecule has 1 heterocycles. The molecule has 0 unspecified atom stereocenters. The zero-order valence-electron chi connectivity index (χ0n) is 12.0. The van der Waals surface area contributed by atoms with Crippen molar-refractivity contribution < 1.29 is 4.79 Å². The van der Waals surface area contributed by atoms with E-state index in [0.717, 1.165) is 44.7 Å². The van der Waals surface area contributed by atoms with Gasteiger partial charge in [-0.25, -0.2) is 0 Å². The van der Waals surface area contributed by atoms with Gasteiger partial charge in [-0.05, 0) is 30.7 Å². The van der Waals surface area contributed by atoms with E-state index < -0.39 is 0 Å². The predicted octanol–water partition coefficient (Wildman–Crippen LogP) is 1.65. The van der Waals surface area contributed by atoms with Crippen molar-refractivity contribution in [3.05, 3.63) is 35.4 Å². The van der Waals surface area contributed by atoms with Gasteiger partial charge in [0.1, 0.15) is 0 Å². The van der Waals surface area contributed by atoms with Crippen LogP contribution in [0.1, 0.15) is 24.5 Å². The molecule has 0 aliphatic carbocycles. The van der Waals surface area contributed by atoms with Crippen molar-refractivity contribution in [2.75, 3.05) is 32.7 Å². The topological polar surface area (TPSA) is 47.3 Å². The Bertz CT molecular complexity index is 481. The maximum Gasteiger partial charge on any atom is 0.222 e. The Balaban J connectivity index is 1.79. The minimum Gasteiger partial charge on any atom is -0.340 e. The number of hydrogen-bond acceptors (Lipinski definition) is 3. The van der Waals surface area contributed by atoms with Crippen molar-refractivity contribution >= 4 is 5.91 Å². The number of likely N-dealkylation sites (N-methyl/N-ethyl adjacent to an activating group) is 1. The van der Waals surface area contributed by atoms with E-state index in [1.165, 1.54) is 0 Å². The summed E-state index contributed by atoms with van der Waals surface area (Å²) in [6.07, 6.45) is 1.30. The fraction of sp³-hybridized carbons (Fsp3) is 0.500. The lowest BCUT2D eigenvalue weighted by Gasteiger charge is -2.34. The van der Waals surface area contributed by atoms with Gasteiger partial charge >= 0.3 is 0 Å². The molecule has 1 fully saturated rings. The molecule has 1 aliphatic rings. The van der Waals surface area contributed by atoms with Crippen LogP contribution in [0.25, 0.3) is 0 Å². The van der Waals surface area contributed by atoms with E-state index in [4.69, 9.17) is 5.26 Å². The lowest BCUT2D eigenvalue weighted by Crippen LogP contribution is -2.48. The number of nitrogens with zero attached hydrogens (tertiary/aromatic N) is 3. The van der Waals surface area contributed by atoms with Crippen molar-refractivity contribution in [1.82, 2.24) is 9.80 Å². The molecule has 20 heavy (non-hydrogen) atoms. The van der Waals surface area contributed by atoms with Crippen molar-refractivity contribution in [3.8, 4) is 6.07 Å². The molecule has 1 saturated heterocycles. The van der Waals surface area contributed by atoms with Crippen LogP contribution in [0.15, 0.2) is 24.3 Å². The summed E-state index contributed by atoms with van der Waals surface area (Å²) in [5.41, 5.74) is 1.78. The molecule has 0 spiro atoms. The zero-order chi connectivity index (χ0) is 14.4. The summed E-state index contributed by atoms with van der Waals surface area (Å²) in [5.74, 6) is 0.241. The second kappa shape index (κ2) is 7.06. The van der Waals surface area contributed by atoms with E-state index in [-0.39, 0.29) is 5.91 Å². The van der Waals surface area contributed by atoms with Crippen molar-refractivity contribution in [3.63, 3.8) is 0 Å². The maximum absolute atomic E-state index is 12.1. The molecule has 0 bridgehead atoms. The molecular formula is C16H21N3O. The standard InChI is InChI=1S/C16H21N3O/c1-2-18-9-11-19(12-10-18)16(20)8-7-14-3-5-15(13-17)6-4-14/h3-6H,2,7-12H2,1H3. The SMILES string of the molecule is CCN1CCN(C(=O)CCc2ccc(C#N)cc2)CC1. The van der Waals surface area contributed by atoms with Crippen LogP contribution in [0.4, 0.5) is 0 Å². The van der Waals surface area contributed by atoms with Gasteiger partial charge in [-0.2, -0.15) is 5.26 Å². The van der Waals surface area contributed by atoms with Crippen LogP contribution in [-0.4, -0.2) is 48.4 Å². The molecule has 0 N–H and O–H groups in total. The fourth-order valence-electron chi connectivity index (χ4n) is 2.47. The first-order chi connectivity index (χ1) is 9.72. The lowest BCUT2D eigenvalue weighted by atomic mass is 10.1. The van der Waals surface area contributed by atoms with Gasteiger partial charge in [0.05, 0.1) is 11.6 Å². The average molecular weight is 271 g/mol. The maximum atomic E-state index is 12.1. The Morgan fingerprint density at radius 2 is 1.85 bits per heavy atom. The van der Waals surface area contributed by atoms with Gasteiger partial charge in [0.2, 0.25) is 5.91 Å². The first-order valence-electron chi connectivity index (χ1n) is 7.22. The highest BCUT2D eigenvalue weighted by Crippen LogP contribution is 2.09. The summed E-state index contributed by atoms with van der Waals surface area (Å²) in [6, 6.07) is 9.57. The number of benzene rings is 1. The van der Waals surface area contributed by atoms with Crippen LogP contribution < -0.4 is 0 Å². The number of carbonyl (C=O) groups excluding carboxylic acids is 1. The Labute approximate surface area is 120 Å². The van der Waals surface area contributed by atoms with Gasteiger partial charge in [-0.3, -0.25) is 4.79 Å². The van der Waals surface area contributed by atoms with Crippen LogP contribution in [0.3, 0.4) is 0 Å². The van der Waals surface area contributed by atoms with Crippen LogP contribution in [-0.2, 0) is 11.2 Å². The van der Waals surface area contributed by atoms with Gasteiger partial charge in [0, 0.05) is 32.6 Å². The smallest absolute Gasteiger partial charge is 0.222 e. The van der Waals surface area contributed by atoms with Crippen molar-refractivity contribution in [1.29, 1.82) is 5.26 Å². The highest BCUT2D eigenvalue weighted by atomic mass is 16.2. The van der Waals surface area contributed by atoms with Gasteiger partial charge in [-0.15, -0.1) is 0 Å². The predicted molar refractivity (Wildman–Crippen MR) is 78.2 cm³/mol. The third kappa shape index (κ3) is 3.82. The number of aryl methyl sites for hydroxylation is 1. The Kier molecular flexibility index (Phi) is 5.14. The van der Waals surface area contributed by atoms with E-state index in [2.05, 4.69) is 17.9 Å². The van der Waals surface area contributed by atoms with Gasteiger partial charge in [-0.1, -0.05) is 19.1 Å². The van der Waals surface area contributed by atoms with Gasteiger partial charge < -0.3 is 9.80 Å². The van der Waals surface area contributed by atoms with Crippen LogP contribution in [0.2, 0.25) is 0 Å². The molecule has 106 valence electrons. The fourth-order valence-corrected chi connectivity index (χ4v) is 2.47. The number of hydrogen-bond donors (Lipinski definition) is 0. The summed E-state index contributed by atoms with van der Waals surface area (Å²) in [4.78, 5) is 16.5. The normalized spacial score (nSPS) is 15.9. The van der Waals surface area contributed by atoms with Crippen LogP contribution in [0, 0.1) is 11.3 Å². The Hall–Kier alpha value is -1.86. The largest absolute Gasteiger partial charge is 0.340 e. The van der Waals surface area contributed by atoms with Crippen LogP contribution in [0.5, 0.6) is 0 Å². The third-order valence-corrected chi connectivity index (χ3v) is 3.88. The molecule has 0 aromatic heterocycles. The van der Waals surface area contributed by atoms with E-state index in [1.807, 2.05) is 17.0 Å².